The van der Waals surface area contributed by atoms with E-state index in [0.717, 1.165) is 16.5 Å². The molecule has 1 fully saturated rings. The van der Waals surface area contributed by atoms with Gasteiger partial charge in [-0.2, -0.15) is 0 Å². The summed E-state index contributed by atoms with van der Waals surface area (Å²) in [5, 5.41) is 11.8. The number of pyridine rings is 1. The Balaban J connectivity index is 1.37. The SMILES string of the molecule is O=C(c1cccc2c1OCCO2)N1C[C@@H](Cc2ccnc3ccccc23)[C@@H](O)C1. The number of amides is 1. The fraction of sp³-hybridized carbons (Fsp3) is 0.304. The molecule has 3 aromatic rings. The quantitative estimate of drug-likeness (QED) is 0.745. The first-order valence-corrected chi connectivity index (χ1v) is 9.89. The van der Waals surface area contributed by atoms with Crippen LogP contribution in [0.4, 0.5) is 0 Å². The largest absolute Gasteiger partial charge is 0.486 e. The molecule has 2 aromatic carbocycles. The van der Waals surface area contributed by atoms with Crippen LogP contribution in [0.2, 0.25) is 0 Å². The molecule has 148 valence electrons. The molecule has 1 aromatic heterocycles. The molecule has 5 rings (SSSR count). The molecule has 0 spiro atoms. The van der Waals surface area contributed by atoms with Gasteiger partial charge < -0.3 is 19.5 Å². The summed E-state index contributed by atoms with van der Waals surface area (Å²) in [6.45, 7) is 1.73. The minimum Gasteiger partial charge on any atom is -0.486 e. The van der Waals surface area contributed by atoms with Crippen LogP contribution in [0.25, 0.3) is 10.9 Å². The number of carbonyl (C=O) groups is 1. The molecule has 29 heavy (non-hydrogen) atoms. The van der Waals surface area contributed by atoms with Crippen molar-refractivity contribution in [1.29, 1.82) is 0 Å². The van der Waals surface area contributed by atoms with Gasteiger partial charge in [-0.05, 0) is 36.2 Å². The maximum absolute atomic E-state index is 13.1. The second-order valence-electron chi connectivity index (χ2n) is 7.56. The van der Waals surface area contributed by atoms with Gasteiger partial charge >= 0.3 is 0 Å². The maximum Gasteiger partial charge on any atom is 0.257 e. The van der Waals surface area contributed by atoms with Gasteiger partial charge in [-0.15, -0.1) is 0 Å². The fourth-order valence-corrected chi connectivity index (χ4v) is 4.25. The van der Waals surface area contributed by atoms with Crippen molar-refractivity contribution in [2.45, 2.75) is 12.5 Å². The third kappa shape index (κ3) is 3.29. The Morgan fingerprint density at radius 3 is 2.86 bits per heavy atom. The molecule has 0 bridgehead atoms. The number of nitrogens with zero attached hydrogens (tertiary/aromatic N) is 2. The van der Waals surface area contributed by atoms with Gasteiger partial charge in [-0.3, -0.25) is 9.78 Å². The van der Waals surface area contributed by atoms with Crippen LogP contribution in [0.1, 0.15) is 15.9 Å². The first kappa shape index (κ1) is 17.9. The summed E-state index contributed by atoms with van der Waals surface area (Å²) in [6, 6.07) is 15.4. The van der Waals surface area contributed by atoms with E-state index >= 15 is 0 Å². The number of aliphatic hydroxyl groups excluding tert-OH is 1. The lowest BCUT2D eigenvalue weighted by atomic mass is 9.94. The van der Waals surface area contributed by atoms with Gasteiger partial charge in [0.25, 0.3) is 5.91 Å². The first-order valence-electron chi connectivity index (χ1n) is 9.89. The van der Waals surface area contributed by atoms with Crippen LogP contribution >= 0.6 is 0 Å². The Morgan fingerprint density at radius 1 is 1.07 bits per heavy atom. The minimum absolute atomic E-state index is 0.0264. The number of aliphatic hydroxyl groups is 1. The summed E-state index contributed by atoms with van der Waals surface area (Å²) in [6.07, 6.45) is 1.93. The summed E-state index contributed by atoms with van der Waals surface area (Å²) in [4.78, 5) is 19.3. The number of para-hydroxylation sites is 2. The van der Waals surface area contributed by atoms with Crippen molar-refractivity contribution in [2.75, 3.05) is 26.3 Å². The maximum atomic E-state index is 13.1. The molecule has 1 N–H and O–H groups in total. The second kappa shape index (κ2) is 7.37. The number of rotatable bonds is 3. The van der Waals surface area contributed by atoms with Gasteiger partial charge in [-0.25, -0.2) is 0 Å². The van der Waals surface area contributed by atoms with Crippen molar-refractivity contribution in [3.63, 3.8) is 0 Å². The highest BCUT2D eigenvalue weighted by Gasteiger charge is 2.36. The van der Waals surface area contributed by atoms with Gasteiger partial charge in [0.15, 0.2) is 11.5 Å². The Hall–Kier alpha value is -3.12. The van der Waals surface area contributed by atoms with E-state index in [4.69, 9.17) is 9.47 Å². The molecule has 2 aliphatic heterocycles. The van der Waals surface area contributed by atoms with Crippen molar-refractivity contribution in [3.05, 3.63) is 65.9 Å². The number of fused-ring (bicyclic) bond motifs is 2. The highest BCUT2D eigenvalue weighted by atomic mass is 16.6. The average Bonchev–Trinajstić information content (AvgIpc) is 3.13. The molecule has 6 nitrogen and oxygen atoms in total. The van der Waals surface area contributed by atoms with E-state index in [9.17, 15) is 9.90 Å². The van der Waals surface area contributed by atoms with Crippen molar-refractivity contribution in [2.24, 2.45) is 5.92 Å². The minimum atomic E-state index is -0.567. The van der Waals surface area contributed by atoms with Crippen LogP contribution in [-0.2, 0) is 6.42 Å². The number of β-amino-alcohol motifs (C(OH)–C–C–N with tert-alkyl or cyclic N) is 1. The van der Waals surface area contributed by atoms with Gasteiger partial charge in [0.2, 0.25) is 0 Å². The van der Waals surface area contributed by atoms with Crippen molar-refractivity contribution < 1.29 is 19.4 Å². The van der Waals surface area contributed by atoms with Crippen LogP contribution in [0.15, 0.2) is 54.7 Å². The third-order valence-electron chi connectivity index (χ3n) is 5.71. The van der Waals surface area contributed by atoms with Crippen LogP contribution < -0.4 is 9.47 Å². The predicted molar refractivity (Wildman–Crippen MR) is 108 cm³/mol. The molecule has 6 heteroatoms. The zero-order valence-corrected chi connectivity index (χ0v) is 16.0. The summed E-state index contributed by atoms with van der Waals surface area (Å²) >= 11 is 0. The average molecular weight is 390 g/mol. The van der Waals surface area contributed by atoms with Crippen molar-refractivity contribution >= 4 is 16.8 Å². The summed E-state index contributed by atoms with van der Waals surface area (Å²) < 4.78 is 11.3. The standard InChI is InChI=1S/C23H22N2O4/c26-20-14-25(23(27)18-5-3-7-21-22(18)29-11-10-28-21)13-16(20)12-15-8-9-24-19-6-2-1-4-17(15)19/h1-9,16,20,26H,10-14H2/t16-,20+/m1/s1. The molecule has 2 atom stereocenters. The molecule has 0 saturated carbocycles. The predicted octanol–water partition coefficient (Wildman–Crippen LogP) is 2.68. The zero-order valence-electron chi connectivity index (χ0n) is 16.0. The molecule has 0 radical (unpaired) electrons. The number of ether oxygens (including phenoxy) is 2. The monoisotopic (exact) mass is 390 g/mol. The highest BCUT2D eigenvalue weighted by molar-refractivity contribution is 5.98. The van der Waals surface area contributed by atoms with Gasteiger partial charge in [0.05, 0.1) is 17.2 Å². The Kier molecular flexibility index (Phi) is 4.56. The molecular formula is C23H22N2O4. The summed E-state index contributed by atoms with van der Waals surface area (Å²) in [7, 11) is 0. The van der Waals surface area contributed by atoms with E-state index in [1.807, 2.05) is 24.3 Å². The normalized spacial score (nSPS) is 20.8. The van der Waals surface area contributed by atoms with E-state index in [1.165, 1.54) is 0 Å². The molecule has 0 aliphatic carbocycles. The summed E-state index contributed by atoms with van der Waals surface area (Å²) in [5.74, 6) is 0.943. The molecule has 1 saturated heterocycles. The number of carbonyl (C=O) groups excluding carboxylic acids is 1. The van der Waals surface area contributed by atoms with Gasteiger partial charge in [-0.1, -0.05) is 24.3 Å². The summed E-state index contributed by atoms with van der Waals surface area (Å²) in [5.41, 5.74) is 2.57. The lowest BCUT2D eigenvalue weighted by Crippen LogP contribution is -2.30. The number of hydrogen-bond donors (Lipinski definition) is 1. The topological polar surface area (TPSA) is 71.9 Å². The Morgan fingerprint density at radius 2 is 1.93 bits per heavy atom. The molecule has 1 amide bonds. The molecule has 0 unspecified atom stereocenters. The first-order chi connectivity index (χ1) is 14.2. The molecular weight excluding hydrogens is 368 g/mol. The number of likely N-dealkylation sites (tertiary alicyclic amines) is 1. The highest BCUT2D eigenvalue weighted by Crippen LogP contribution is 2.35. The smallest absolute Gasteiger partial charge is 0.257 e. The van der Waals surface area contributed by atoms with E-state index in [0.29, 0.717) is 49.8 Å². The fourth-order valence-electron chi connectivity index (χ4n) is 4.25. The van der Waals surface area contributed by atoms with Gasteiger partial charge in [0.1, 0.15) is 13.2 Å². The van der Waals surface area contributed by atoms with Crippen LogP contribution in [0.5, 0.6) is 11.5 Å². The van der Waals surface area contributed by atoms with E-state index < -0.39 is 6.10 Å². The number of hydrogen-bond acceptors (Lipinski definition) is 5. The number of benzene rings is 2. The van der Waals surface area contributed by atoms with Crippen LogP contribution in [0.3, 0.4) is 0 Å². The van der Waals surface area contributed by atoms with E-state index in [1.54, 1.807) is 29.3 Å². The lowest BCUT2D eigenvalue weighted by Gasteiger charge is -2.23. The van der Waals surface area contributed by atoms with Crippen LogP contribution in [0, 0.1) is 5.92 Å². The third-order valence-corrected chi connectivity index (χ3v) is 5.71. The number of aromatic nitrogens is 1. The zero-order chi connectivity index (χ0) is 19.8. The Labute approximate surface area is 168 Å². The second-order valence-corrected chi connectivity index (χ2v) is 7.56. The van der Waals surface area contributed by atoms with Crippen molar-refractivity contribution in [1.82, 2.24) is 9.88 Å². The van der Waals surface area contributed by atoms with Crippen molar-refractivity contribution in [3.8, 4) is 11.5 Å². The lowest BCUT2D eigenvalue weighted by molar-refractivity contribution is 0.0754. The van der Waals surface area contributed by atoms with E-state index in [2.05, 4.69) is 11.1 Å². The van der Waals surface area contributed by atoms with Gasteiger partial charge in [0, 0.05) is 30.6 Å². The van der Waals surface area contributed by atoms with E-state index in [-0.39, 0.29) is 11.8 Å². The molecule has 2 aliphatic rings. The Bertz CT molecular complexity index is 1060. The van der Waals surface area contributed by atoms with Crippen LogP contribution in [-0.4, -0.2) is 53.3 Å². The molecule has 3 heterocycles.